The molecule has 1 fully saturated rings. The average Bonchev–Trinajstić information content (AvgIpc) is 3.11. The molecule has 2 atom stereocenters. The normalized spacial score (nSPS) is 25.4. The predicted octanol–water partition coefficient (Wildman–Crippen LogP) is 5.35. The van der Waals surface area contributed by atoms with Gasteiger partial charge in [0.15, 0.2) is 11.9 Å². The van der Waals surface area contributed by atoms with Gasteiger partial charge >= 0.3 is 0 Å². The van der Waals surface area contributed by atoms with Gasteiger partial charge in [0.1, 0.15) is 0 Å². The summed E-state index contributed by atoms with van der Waals surface area (Å²) in [7, 11) is 0. The Hall–Kier alpha value is -0.650. The van der Waals surface area contributed by atoms with Gasteiger partial charge in [-0.25, -0.2) is 0 Å². The molecule has 0 bridgehead atoms. The van der Waals surface area contributed by atoms with Gasteiger partial charge in [-0.2, -0.15) is 0 Å². The number of hydrogen-bond acceptors (Lipinski definition) is 5. The largest absolute Gasteiger partial charge is 0.392 e. The van der Waals surface area contributed by atoms with Crippen LogP contribution in [0.2, 0.25) is 0 Å². The lowest BCUT2D eigenvalue weighted by molar-refractivity contribution is -0.160. The van der Waals surface area contributed by atoms with Crippen molar-refractivity contribution in [2.75, 3.05) is 19.8 Å². The van der Waals surface area contributed by atoms with Gasteiger partial charge in [0.05, 0.1) is 18.9 Å². The third-order valence-electron chi connectivity index (χ3n) is 5.75. The van der Waals surface area contributed by atoms with E-state index in [9.17, 15) is 5.11 Å². The summed E-state index contributed by atoms with van der Waals surface area (Å²) in [5, 5.41) is 14.1. The Morgan fingerprint density at radius 2 is 1.81 bits per heavy atom. The second-order valence-corrected chi connectivity index (χ2v) is 8.26. The Morgan fingerprint density at radius 3 is 2.48 bits per heavy atom. The number of rotatable bonds is 15. The second-order valence-electron chi connectivity index (χ2n) is 8.26. The third-order valence-corrected chi connectivity index (χ3v) is 5.75. The van der Waals surface area contributed by atoms with E-state index < -0.39 is 5.60 Å². The average molecular weight is 384 g/mol. The molecular weight excluding hydrogens is 342 g/mol. The molecule has 2 heterocycles. The molecule has 0 aliphatic carbocycles. The van der Waals surface area contributed by atoms with Crippen LogP contribution in [0, 0.1) is 0 Å². The zero-order valence-corrected chi connectivity index (χ0v) is 17.4. The van der Waals surface area contributed by atoms with Gasteiger partial charge in [0, 0.05) is 19.4 Å². The number of aliphatic hydroxyl groups is 1. The van der Waals surface area contributed by atoms with Gasteiger partial charge in [-0.05, 0) is 32.1 Å². The van der Waals surface area contributed by atoms with E-state index in [4.69, 9.17) is 14.3 Å². The summed E-state index contributed by atoms with van der Waals surface area (Å²) >= 11 is 0. The van der Waals surface area contributed by atoms with Crippen LogP contribution in [0.3, 0.4) is 0 Å². The van der Waals surface area contributed by atoms with Gasteiger partial charge in [-0.3, -0.25) is 0 Å². The highest BCUT2D eigenvalue weighted by atomic mass is 16.7. The molecule has 1 unspecified atom stereocenters. The van der Waals surface area contributed by atoms with Gasteiger partial charge in [0.2, 0.25) is 0 Å². The molecule has 0 amide bonds. The van der Waals surface area contributed by atoms with Crippen molar-refractivity contribution in [1.82, 2.24) is 0 Å². The van der Waals surface area contributed by atoms with E-state index in [-0.39, 0.29) is 12.9 Å². The Kier molecular flexibility index (Phi) is 11.3. The van der Waals surface area contributed by atoms with Crippen LogP contribution in [0.15, 0.2) is 5.16 Å². The van der Waals surface area contributed by atoms with Gasteiger partial charge in [-0.1, -0.05) is 63.4 Å². The van der Waals surface area contributed by atoms with Crippen molar-refractivity contribution < 1.29 is 19.4 Å². The van der Waals surface area contributed by atoms with E-state index in [2.05, 4.69) is 12.1 Å². The lowest BCUT2D eigenvalue weighted by Gasteiger charge is -2.24. The van der Waals surface area contributed by atoms with E-state index in [0.717, 1.165) is 50.8 Å². The maximum absolute atomic E-state index is 9.84. The number of oxime groups is 1. The predicted molar refractivity (Wildman–Crippen MR) is 109 cm³/mol. The van der Waals surface area contributed by atoms with E-state index in [1.807, 2.05) is 0 Å². The molecule has 0 radical (unpaired) electrons. The number of aliphatic hydroxyl groups excluding tert-OH is 1. The first kappa shape index (κ1) is 22.6. The summed E-state index contributed by atoms with van der Waals surface area (Å²) in [5.74, 6) is 0. The standard InChI is InChI=1S/C22H41NO4/c1-2-3-4-5-6-7-8-9-11-15-22(19-24)18-20(23-27-22)14-17-26-21-13-10-12-16-25-21/h21,24H,2-19H2,1H3/t21?,22-/m1/s1. The molecule has 5 heteroatoms. The molecule has 2 rings (SSSR count). The fraction of sp³-hybridized carbons (Fsp3) is 0.955. The summed E-state index contributed by atoms with van der Waals surface area (Å²) in [6.07, 6.45) is 17.4. The highest BCUT2D eigenvalue weighted by molar-refractivity contribution is 5.86. The molecule has 158 valence electrons. The molecule has 2 aliphatic rings. The molecule has 5 nitrogen and oxygen atoms in total. The first-order valence-electron chi connectivity index (χ1n) is 11.4. The lowest BCUT2D eigenvalue weighted by Crippen LogP contribution is -2.33. The zero-order chi connectivity index (χ0) is 19.2. The molecule has 1 saturated heterocycles. The molecule has 2 aliphatic heterocycles. The third kappa shape index (κ3) is 8.93. The first-order chi connectivity index (χ1) is 13.3. The second kappa shape index (κ2) is 13.5. The molecule has 0 aromatic rings. The summed E-state index contributed by atoms with van der Waals surface area (Å²) in [5.41, 5.74) is 0.522. The van der Waals surface area contributed by atoms with Crippen LogP contribution in [-0.4, -0.2) is 42.5 Å². The van der Waals surface area contributed by atoms with Crippen LogP contribution in [-0.2, 0) is 14.3 Å². The fourth-order valence-corrected chi connectivity index (χ4v) is 3.94. The molecule has 0 aromatic heterocycles. The van der Waals surface area contributed by atoms with Crippen LogP contribution in [0.1, 0.15) is 103 Å². The molecular formula is C22H41NO4. The summed E-state index contributed by atoms with van der Waals surface area (Å²) in [4.78, 5) is 5.67. The molecule has 0 aromatic carbocycles. The highest BCUT2D eigenvalue weighted by Gasteiger charge is 2.37. The lowest BCUT2D eigenvalue weighted by atomic mass is 9.90. The monoisotopic (exact) mass is 383 g/mol. The molecule has 27 heavy (non-hydrogen) atoms. The Morgan fingerprint density at radius 1 is 1.07 bits per heavy atom. The number of nitrogens with zero attached hydrogens (tertiary/aromatic N) is 1. The van der Waals surface area contributed by atoms with Crippen LogP contribution >= 0.6 is 0 Å². The molecule has 0 spiro atoms. The number of ether oxygens (including phenoxy) is 2. The molecule has 0 saturated carbocycles. The summed E-state index contributed by atoms with van der Waals surface area (Å²) in [6, 6.07) is 0. The van der Waals surface area contributed by atoms with Crippen molar-refractivity contribution >= 4 is 5.71 Å². The van der Waals surface area contributed by atoms with Crippen LogP contribution in [0.5, 0.6) is 0 Å². The van der Waals surface area contributed by atoms with Gasteiger partial charge < -0.3 is 19.4 Å². The minimum Gasteiger partial charge on any atom is -0.392 e. The van der Waals surface area contributed by atoms with Gasteiger partial charge in [0.25, 0.3) is 0 Å². The van der Waals surface area contributed by atoms with E-state index >= 15 is 0 Å². The highest BCUT2D eigenvalue weighted by Crippen LogP contribution is 2.30. The summed E-state index contributed by atoms with van der Waals surface area (Å²) < 4.78 is 11.4. The van der Waals surface area contributed by atoms with Gasteiger partial charge in [-0.15, -0.1) is 0 Å². The Bertz CT molecular complexity index is 409. The van der Waals surface area contributed by atoms with Crippen LogP contribution in [0.25, 0.3) is 0 Å². The number of unbranched alkanes of at least 4 members (excludes halogenated alkanes) is 8. The van der Waals surface area contributed by atoms with Crippen molar-refractivity contribution in [1.29, 1.82) is 0 Å². The smallest absolute Gasteiger partial charge is 0.165 e. The minimum absolute atomic E-state index is 0.0452. The topological polar surface area (TPSA) is 60.3 Å². The van der Waals surface area contributed by atoms with E-state index in [1.165, 1.54) is 57.8 Å². The number of hydrogen-bond donors (Lipinski definition) is 1. The van der Waals surface area contributed by atoms with Crippen molar-refractivity contribution in [3.05, 3.63) is 0 Å². The Balaban J connectivity index is 1.51. The summed E-state index contributed by atoms with van der Waals surface area (Å²) in [6.45, 7) is 3.73. The zero-order valence-electron chi connectivity index (χ0n) is 17.4. The first-order valence-corrected chi connectivity index (χ1v) is 11.4. The van der Waals surface area contributed by atoms with Crippen LogP contribution in [0.4, 0.5) is 0 Å². The Labute approximate surface area is 165 Å². The maximum Gasteiger partial charge on any atom is 0.165 e. The van der Waals surface area contributed by atoms with Crippen molar-refractivity contribution in [2.24, 2.45) is 5.16 Å². The van der Waals surface area contributed by atoms with Crippen molar-refractivity contribution in [3.63, 3.8) is 0 Å². The fourth-order valence-electron chi connectivity index (χ4n) is 3.94. The van der Waals surface area contributed by atoms with Crippen molar-refractivity contribution in [3.8, 4) is 0 Å². The minimum atomic E-state index is -0.488. The van der Waals surface area contributed by atoms with Crippen LogP contribution < -0.4 is 0 Å². The molecule has 1 N–H and O–H groups in total. The van der Waals surface area contributed by atoms with E-state index in [1.54, 1.807) is 0 Å². The SMILES string of the molecule is CCCCCCCCCCC[C@]1(CO)CC(CCOC2CCCCO2)=NO1. The quantitative estimate of drug-likeness (QED) is 0.387. The van der Waals surface area contributed by atoms with Crippen molar-refractivity contribution in [2.45, 2.75) is 115 Å². The maximum atomic E-state index is 9.84. The van der Waals surface area contributed by atoms with E-state index in [0.29, 0.717) is 6.61 Å².